The van der Waals surface area contributed by atoms with Crippen molar-refractivity contribution in [1.82, 2.24) is 4.90 Å². The van der Waals surface area contributed by atoms with Gasteiger partial charge in [-0.1, -0.05) is 30.8 Å². The molecule has 0 amide bonds. The van der Waals surface area contributed by atoms with E-state index in [1.807, 2.05) is 23.5 Å². The molecule has 116 valence electrons. The second-order valence-electron chi connectivity index (χ2n) is 5.59. The first kappa shape index (κ1) is 15.8. The van der Waals surface area contributed by atoms with Crippen LogP contribution >= 0.6 is 23.5 Å². The zero-order valence-electron chi connectivity index (χ0n) is 13.4. The van der Waals surface area contributed by atoms with Crippen LogP contribution in [0, 0.1) is 0 Å². The van der Waals surface area contributed by atoms with Crippen LogP contribution in [-0.2, 0) is 0 Å². The highest BCUT2D eigenvalue weighted by Gasteiger charge is 2.23. The number of hydrogen-bond donors (Lipinski definition) is 0. The molecule has 1 aliphatic rings. The molecule has 2 nitrogen and oxygen atoms in total. The number of para-hydroxylation sites is 1. The van der Waals surface area contributed by atoms with Gasteiger partial charge < -0.3 is 9.80 Å². The van der Waals surface area contributed by atoms with Gasteiger partial charge in [-0.25, -0.2) is 0 Å². The van der Waals surface area contributed by atoms with Gasteiger partial charge in [-0.15, -0.1) is 11.8 Å². The summed E-state index contributed by atoms with van der Waals surface area (Å²) in [6.07, 6.45) is 0. The summed E-state index contributed by atoms with van der Waals surface area (Å²) in [5.74, 6) is 1.11. The summed E-state index contributed by atoms with van der Waals surface area (Å²) >= 11 is 3.79. The number of fused-ring (bicyclic) bond motifs is 2. The molecule has 0 saturated heterocycles. The molecule has 2 aromatic rings. The summed E-state index contributed by atoms with van der Waals surface area (Å²) in [5, 5.41) is 0. The fourth-order valence-corrected chi connectivity index (χ4v) is 4.38. The van der Waals surface area contributed by atoms with Gasteiger partial charge in [0.2, 0.25) is 0 Å². The maximum atomic E-state index is 2.47. The Balaban J connectivity index is 2.00. The van der Waals surface area contributed by atoms with Crippen LogP contribution in [-0.4, -0.2) is 37.8 Å². The van der Waals surface area contributed by atoms with Crippen molar-refractivity contribution in [2.24, 2.45) is 0 Å². The predicted octanol–water partition coefficient (Wildman–Crippen LogP) is 4.96. The van der Waals surface area contributed by atoms with Gasteiger partial charge in [0.1, 0.15) is 0 Å². The Kier molecular flexibility index (Phi) is 5.01. The average Bonchev–Trinajstić information content (AvgIpc) is 2.52. The minimum Gasteiger partial charge on any atom is -0.338 e. The molecule has 0 bridgehead atoms. The number of anilines is 2. The Morgan fingerprint density at radius 1 is 1.05 bits per heavy atom. The predicted molar refractivity (Wildman–Crippen MR) is 99.0 cm³/mol. The molecule has 4 heteroatoms. The third-order valence-electron chi connectivity index (χ3n) is 3.68. The largest absolute Gasteiger partial charge is 0.338 e. The molecule has 0 unspecified atom stereocenters. The first-order chi connectivity index (χ1) is 10.7. The van der Waals surface area contributed by atoms with Gasteiger partial charge in [0, 0.05) is 27.8 Å². The van der Waals surface area contributed by atoms with Gasteiger partial charge in [-0.05, 0) is 50.2 Å². The third kappa shape index (κ3) is 3.29. The second-order valence-corrected chi connectivity index (χ2v) is 8.01. The highest BCUT2D eigenvalue weighted by molar-refractivity contribution is 8.00. The van der Waals surface area contributed by atoms with Gasteiger partial charge in [0.15, 0.2) is 0 Å². The van der Waals surface area contributed by atoms with Crippen molar-refractivity contribution >= 4 is 34.9 Å². The molecule has 0 aromatic heterocycles. The van der Waals surface area contributed by atoms with E-state index in [9.17, 15) is 0 Å². The lowest BCUT2D eigenvalue weighted by atomic mass is 10.2. The quantitative estimate of drug-likeness (QED) is 0.714. The van der Waals surface area contributed by atoms with Crippen LogP contribution < -0.4 is 4.90 Å². The SMILES string of the molecule is CCSc1ccc2c(c1)N(CCN(C)C)c1ccccc1S2. The van der Waals surface area contributed by atoms with Gasteiger partial charge in [-0.3, -0.25) is 0 Å². The van der Waals surface area contributed by atoms with Crippen molar-refractivity contribution in [3.63, 3.8) is 0 Å². The molecular formula is C18H22N2S2. The molecular weight excluding hydrogens is 308 g/mol. The van der Waals surface area contributed by atoms with Gasteiger partial charge in [0.25, 0.3) is 0 Å². The number of thioether (sulfide) groups is 1. The lowest BCUT2D eigenvalue weighted by Gasteiger charge is -2.33. The average molecular weight is 331 g/mol. The first-order valence-electron chi connectivity index (χ1n) is 7.65. The maximum absolute atomic E-state index is 2.47. The number of rotatable bonds is 5. The topological polar surface area (TPSA) is 6.48 Å². The van der Waals surface area contributed by atoms with Gasteiger partial charge in [0.05, 0.1) is 11.4 Å². The van der Waals surface area contributed by atoms with Crippen LogP contribution in [0.4, 0.5) is 11.4 Å². The summed E-state index contributed by atoms with van der Waals surface area (Å²) in [6, 6.07) is 15.6. The van der Waals surface area contributed by atoms with Crippen molar-refractivity contribution in [1.29, 1.82) is 0 Å². The standard InChI is InChI=1S/C18H22N2S2/c1-4-21-14-9-10-18-16(13-14)20(12-11-19(2)3)15-7-5-6-8-17(15)22-18/h5-10,13H,4,11-12H2,1-3H3. The van der Waals surface area contributed by atoms with E-state index in [-0.39, 0.29) is 0 Å². The zero-order chi connectivity index (χ0) is 15.5. The maximum Gasteiger partial charge on any atom is 0.0564 e. The molecule has 0 saturated carbocycles. The van der Waals surface area contributed by atoms with Crippen LogP contribution in [0.3, 0.4) is 0 Å². The smallest absolute Gasteiger partial charge is 0.0564 e. The summed E-state index contributed by atoms with van der Waals surface area (Å²) in [4.78, 5) is 8.79. The number of benzene rings is 2. The van der Waals surface area contributed by atoms with Crippen molar-refractivity contribution in [2.45, 2.75) is 21.6 Å². The zero-order valence-corrected chi connectivity index (χ0v) is 15.0. The Morgan fingerprint density at radius 3 is 2.59 bits per heavy atom. The van der Waals surface area contributed by atoms with E-state index in [2.05, 4.69) is 73.3 Å². The van der Waals surface area contributed by atoms with Crippen LogP contribution in [0.2, 0.25) is 0 Å². The monoisotopic (exact) mass is 330 g/mol. The van der Waals surface area contributed by atoms with Crippen molar-refractivity contribution in [2.75, 3.05) is 37.8 Å². The fraction of sp³-hybridized carbons (Fsp3) is 0.333. The second kappa shape index (κ2) is 6.99. The Labute approximate surface area is 141 Å². The molecule has 0 atom stereocenters. The first-order valence-corrected chi connectivity index (χ1v) is 9.45. The van der Waals surface area contributed by atoms with Crippen molar-refractivity contribution < 1.29 is 0 Å². The minimum atomic E-state index is 1.01. The lowest BCUT2D eigenvalue weighted by Crippen LogP contribution is -2.29. The number of likely N-dealkylation sites (N-methyl/N-ethyl adjacent to an activating group) is 1. The van der Waals surface area contributed by atoms with E-state index in [0.717, 1.165) is 18.8 Å². The van der Waals surface area contributed by atoms with Crippen molar-refractivity contribution in [3.8, 4) is 0 Å². The molecule has 22 heavy (non-hydrogen) atoms. The summed E-state index contributed by atoms with van der Waals surface area (Å²) in [5.41, 5.74) is 2.68. The summed E-state index contributed by atoms with van der Waals surface area (Å²) < 4.78 is 0. The molecule has 1 aliphatic heterocycles. The molecule has 0 spiro atoms. The minimum absolute atomic E-state index is 1.01. The van der Waals surface area contributed by atoms with E-state index in [4.69, 9.17) is 0 Å². The molecule has 0 N–H and O–H groups in total. The molecule has 3 rings (SSSR count). The Hall–Kier alpha value is -1.10. The van der Waals surface area contributed by atoms with Crippen LogP contribution in [0.15, 0.2) is 57.2 Å². The highest BCUT2D eigenvalue weighted by Crippen LogP contribution is 2.48. The van der Waals surface area contributed by atoms with E-state index < -0.39 is 0 Å². The molecule has 1 heterocycles. The van der Waals surface area contributed by atoms with Crippen LogP contribution in [0.5, 0.6) is 0 Å². The van der Waals surface area contributed by atoms with Gasteiger partial charge >= 0.3 is 0 Å². The summed E-state index contributed by atoms with van der Waals surface area (Å²) in [7, 11) is 4.27. The third-order valence-corrected chi connectivity index (χ3v) is 5.69. The van der Waals surface area contributed by atoms with E-state index in [1.165, 1.54) is 26.1 Å². The molecule has 0 aliphatic carbocycles. The Bertz CT molecular complexity index is 655. The van der Waals surface area contributed by atoms with Crippen LogP contribution in [0.25, 0.3) is 0 Å². The summed E-state index contributed by atoms with van der Waals surface area (Å²) in [6.45, 7) is 4.26. The molecule has 0 radical (unpaired) electrons. The van der Waals surface area contributed by atoms with Gasteiger partial charge in [-0.2, -0.15) is 0 Å². The van der Waals surface area contributed by atoms with E-state index in [0.29, 0.717) is 0 Å². The Morgan fingerprint density at radius 2 is 1.82 bits per heavy atom. The van der Waals surface area contributed by atoms with Crippen molar-refractivity contribution in [3.05, 3.63) is 42.5 Å². The highest BCUT2D eigenvalue weighted by atomic mass is 32.2. The van der Waals surface area contributed by atoms with E-state index >= 15 is 0 Å². The van der Waals surface area contributed by atoms with E-state index in [1.54, 1.807) is 0 Å². The molecule has 2 aromatic carbocycles. The number of hydrogen-bond acceptors (Lipinski definition) is 4. The van der Waals surface area contributed by atoms with Crippen LogP contribution in [0.1, 0.15) is 6.92 Å². The number of nitrogens with zero attached hydrogens (tertiary/aromatic N) is 2. The normalized spacial score (nSPS) is 13.2. The fourth-order valence-electron chi connectivity index (χ4n) is 2.61. The lowest BCUT2D eigenvalue weighted by molar-refractivity contribution is 0.418. The molecule has 0 fully saturated rings.